The Labute approximate surface area is 251 Å². The Morgan fingerprint density at radius 2 is 1.05 bits per heavy atom. The van der Waals surface area contributed by atoms with Crippen molar-refractivity contribution < 1.29 is 44.0 Å². The third kappa shape index (κ3) is 8.06. The zero-order chi connectivity index (χ0) is 24.9. The van der Waals surface area contributed by atoms with Gasteiger partial charge in [0.2, 0.25) is 0 Å². The first-order chi connectivity index (χ1) is 16.9. The summed E-state index contributed by atoms with van der Waals surface area (Å²) in [7, 11) is -0.0930. The molecule has 2 aliphatic carbocycles. The van der Waals surface area contributed by atoms with E-state index in [1.54, 1.807) is 11.1 Å². The molecule has 4 rings (SSSR count). The first-order valence-electron chi connectivity index (χ1n) is 13.8. The van der Waals surface area contributed by atoms with Crippen molar-refractivity contribution in [1.29, 1.82) is 0 Å². The van der Waals surface area contributed by atoms with Crippen LogP contribution in [0.2, 0.25) is 0 Å². The number of halogens is 2. The fourth-order valence-corrected chi connectivity index (χ4v) is 16.6. The van der Waals surface area contributed by atoms with Crippen LogP contribution in [-0.4, -0.2) is 24.6 Å². The minimum absolute atomic E-state index is 0. The molecule has 2 unspecified atom stereocenters. The molecule has 0 aromatic heterocycles. The second-order valence-electron chi connectivity index (χ2n) is 11.1. The van der Waals surface area contributed by atoms with E-state index in [-0.39, 0.29) is 59.8 Å². The monoisotopic (exact) mass is 608 g/mol. The van der Waals surface area contributed by atoms with Crippen LogP contribution in [0.3, 0.4) is 0 Å². The van der Waals surface area contributed by atoms with Gasteiger partial charge in [-0.2, -0.15) is 0 Å². The van der Waals surface area contributed by atoms with E-state index in [4.69, 9.17) is 0 Å². The summed E-state index contributed by atoms with van der Waals surface area (Å²) >= 11 is -0.270. The first-order valence-corrected chi connectivity index (χ1v) is 19.0. The number of rotatable bonds is 12. The number of benzene rings is 2. The first kappa shape index (κ1) is 33.3. The molecule has 0 spiro atoms. The van der Waals surface area contributed by atoms with Crippen molar-refractivity contribution in [3.8, 4) is 0 Å². The van der Waals surface area contributed by atoms with Gasteiger partial charge in [0.1, 0.15) is 0 Å². The van der Waals surface area contributed by atoms with Crippen LogP contribution in [0.4, 0.5) is 0 Å². The fraction of sp³-hybridized carbons (Fsp3) is 0.500. The van der Waals surface area contributed by atoms with Crippen molar-refractivity contribution in [3.63, 3.8) is 0 Å². The summed E-state index contributed by atoms with van der Waals surface area (Å²) in [5, 5.41) is 3.70. The molecular weight excluding hydrogens is 565 g/mol. The van der Waals surface area contributed by atoms with Crippen molar-refractivity contribution in [2.24, 2.45) is 11.8 Å². The van der Waals surface area contributed by atoms with E-state index in [0.29, 0.717) is 8.45 Å². The van der Waals surface area contributed by atoms with Crippen molar-refractivity contribution in [2.45, 2.75) is 62.8 Å². The summed E-state index contributed by atoms with van der Waals surface area (Å²) in [4.78, 5) is 0. The van der Waals surface area contributed by atoms with Gasteiger partial charge in [0.15, 0.2) is 0 Å². The van der Waals surface area contributed by atoms with Crippen LogP contribution in [0.15, 0.2) is 59.2 Å². The van der Waals surface area contributed by atoms with Crippen LogP contribution in [-0.2, 0) is 19.2 Å². The molecular formula is C32H44Cl2P2Ti. The molecule has 0 saturated heterocycles. The summed E-state index contributed by atoms with van der Waals surface area (Å²) in [5.41, 5.74) is 6.36. The molecule has 2 aliphatic rings. The zero-order valence-electron chi connectivity index (χ0n) is 23.5. The Balaban J connectivity index is 0.00000241. The minimum Gasteiger partial charge on any atom is -1.00 e. The molecule has 5 heteroatoms. The van der Waals surface area contributed by atoms with Gasteiger partial charge in [0, 0.05) is 0 Å². The van der Waals surface area contributed by atoms with Crippen LogP contribution in [0, 0.1) is 11.8 Å². The van der Waals surface area contributed by atoms with E-state index in [0.717, 1.165) is 11.8 Å². The van der Waals surface area contributed by atoms with Crippen LogP contribution >= 0.6 is 15.8 Å². The predicted molar refractivity (Wildman–Crippen MR) is 158 cm³/mol. The predicted octanol–water partition coefficient (Wildman–Crippen LogP) is 4.36. The van der Waals surface area contributed by atoms with Gasteiger partial charge in [-0.1, -0.05) is 0 Å². The SMILES string of the molecule is CCCP(CCC)C1=Cc2ccccc2[CH]1[Ti+2][CH]1C(P(CC(C)C)CC(C)C)=Cc2ccccc21.[Cl-].[Cl-]. The number of hydrogen-bond acceptors (Lipinski definition) is 0. The average Bonchev–Trinajstić information content (AvgIpc) is 3.37. The molecule has 0 aliphatic heterocycles. The summed E-state index contributed by atoms with van der Waals surface area (Å²) < 4.78 is 1.42. The smallest absolute Gasteiger partial charge is 1.00 e. The second kappa shape index (κ2) is 15.8. The van der Waals surface area contributed by atoms with Gasteiger partial charge in [-0.25, -0.2) is 0 Å². The van der Waals surface area contributed by atoms with Gasteiger partial charge in [-0.05, 0) is 0 Å². The van der Waals surface area contributed by atoms with Gasteiger partial charge in [0.05, 0.1) is 0 Å². The van der Waals surface area contributed by atoms with E-state index in [1.807, 2.05) is 10.6 Å². The Bertz CT molecular complexity index is 1050. The van der Waals surface area contributed by atoms with Gasteiger partial charge in [0.25, 0.3) is 0 Å². The Hall–Kier alpha value is 0.0743. The maximum Gasteiger partial charge on any atom is -1.00 e. The van der Waals surface area contributed by atoms with Crippen molar-refractivity contribution in [3.05, 3.63) is 81.4 Å². The maximum atomic E-state index is 2.66. The largest absolute Gasteiger partial charge is 1.00 e. The standard InChI is InChI=1S/C17H24P.C15H20P.2ClH.Ti/c1-13(2)11-18(12-14(3)4)17-9-15-7-5-6-8-16(15)10-17;1-3-9-16(10-4-2)15-11-13-7-5-6-8-14(13)12-15;;;/h5-10,13-14H,11-12H2,1-4H3;5-8,11-12H,3-4,9-10H2,1-2H3;2*1H;/q;;;;+2/p-2. The van der Waals surface area contributed by atoms with Crippen LogP contribution in [0.5, 0.6) is 0 Å². The minimum atomic E-state index is -0.270. The molecule has 0 nitrogen and oxygen atoms in total. The van der Waals surface area contributed by atoms with Gasteiger partial charge < -0.3 is 24.8 Å². The normalized spacial score (nSPS) is 17.8. The summed E-state index contributed by atoms with van der Waals surface area (Å²) in [6.45, 7) is 14.5. The van der Waals surface area contributed by atoms with Crippen molar-refractivity contribution in [1.82, 2.24) is 0 Å². The summed E-state index contributed by atoms with van der Waals surface area (Å²) in [6, 6.07) is 18.8. The maximum absolute atomic E-state index is 2.66. The Morgan fingerprint density at radius 1 is 0.649 bits per heavy atom. The van der Waals surface area contributed by atoms with Crippen LogP contribution in [0.25, 0.3) is 12.2 Å². The van der Waals surface area contributed by atoms with E-state index < -0.39 is 0 Å². The second-order valence-corrected chi connectivity index (χ2v) is 18.2. The molecule has 0 bridgehead atoms. The molecule has 37 heavy (non-hydrogen) atoms. The number of hydrogen-bond donors (Lipinski definition) is 0. The van der Waals surface area contributed by atoms with E-state index in [2.05, 4.69) is 102 Å². The molecule has 2 atom stereocenters. The molecule has 0 radical (unpaired) electrons. The fourth-order valence-electron chi connectivity index (χ4n) is 5.76. The topological polar surface area (TPSA) is 0 Å². The molecule has 200 valence electrons. The summed E-state index contributed by atoms with van der Waals surface area (Å²) in [5.74, 6) is 1.55. The molecule has 2 aromatic carbocycles. The van der Waals surface area contributed by atoms with E-state index in [1.165, 1.54) is 48.6 Å². The van der Waals surface area contributed by atoms with E-state index in [9.17, 15) is 0 Å². The Kier molecular flexibility index (Phi) is 14.2. The summed E-state index contributed by atoms with van der Waals surface area (Å²) in [6.07, 6.45) is 13.5. The van der Waals surface area contributed by atoms with Crippen molar-refractivity contribution >= 4 is 28.0 Å². The molecule has 0 amide bonds. The average molecular weight is 609 g/mol. The molecule has 0 heterocycles. The molecule has 2 aromatic rings. The van der Waals surface area contributed by atoms with E-state index >= 15 is 0 Å². The third-order valence-corrected chi connectivity index (χ3v) is 17.3. The third-order valence-electron chi connectivity index (χ3n) is 7.03. The van der Waals surface area contributed by atoms with Crippen molar-refractivity contribution in [2.75, 3.05) is 24.6 Å². The van der Waals surface area contributed by atoms with Gasteiger partial charge in [-0.15, -0.1) is 0 Å². The molecule has 0 fully saturated rings. The number of fused-ring (bicyclic) bond motifs is 2. The van der Waals surface area contributed by atoms with Gasteiger partial charge in [-0.3, -0.25) is 0 Å². The quantitative estimate of drug-likeness (QED) is 0.248. The zero-order valence-corrected chi connectivity index (χ0v) is 28.3. The molecule has 0 N–H and O–H groups in total. The molecule has 0 saturated carbocycles. The number of allylic oxidation sites excluding steroid dienone is 2. The Morgan fingerprint density at radius 3 is 1.46 bits per heavy atom. The van der Waals surface area contributed by atoms with Crippen LogP contribution < -0.4 is 24.8 Å². The van der Waals surface area contributed by atoms with Gasteiger partial charge >= 0.3 is 228 Å². The van der Waals surface area contributed by atoms with Crippen LogP contribution in [0.1, 0.15) is 85.1 Å².